The number of carboxylic acids is 1. The molecule has 1 fully saturated rings. The number of benzene rings is 1. The van der Waals surface area contributed by atoms with Crippen LogP contribution in [0.4, 0.5) is 5.69 Å². The average molecular weight is 405 g/mol. The number of rotatable bonds is 3. The van der Waals surface area contributed by atoms with Gasteiger partial charge < -0.3 is 10.4 Å². The van der Waals surface area contributed by atoms with Crippen molar-refractivity contribution < 1.29 is 14.7 Å². The van der Waals surface area contributed by atoms with Crippen molar-refractivity contribution in [2.45, 2.75) is 25.7 Å². The topological polar surface area (TPSA) is 66.4 Å². The molecule has 2 N–H and O–H groups in total. The summed E-state index contributed by atoms with van der Waals surface area (Å²) in [6, 6.07) is 5.56. The highest BCUT2D eigenvalue weighted by molar-refractivity contribution is 9.11. The molecule has 2 rings (SSSR count). The van der Waals surface area contributed by atoms with Crippen LogP contribution in [-0.4, -0.2) is 17.0 Å². The number of carboxylic acid groups (broad SMARTS) is 1. The van der Waals surface area contributed by atoms with Gasteiger partial charge in [0.15, 0.2) is 0 Å². The number of hydrogen-bond acceptors (Lipinski definition) is 2. The van der Waals surface area contributed by atoms with Gasteiger partial charge in [0, 0.05) is 14.9 Å². The Hall–Kier alpha value is -0.880. The maximum atomic E-state index is 12.2. The van der Waals surface area contributed by atoms with Gasteiger partial charge in [-0.1, -0.05) is 15.9 Å². The van der Waals surface area contributed by atoms with Gasteiger partial charge in [-0.15, -0.1) is 0 Å². The van der Waals surface area contributed by atoms with E-state index >= 15 is 0 Å². The molecule has 108 valence electrons. The van der Waals surface area contributed by atoms with Crippen LogP contribution in [0.3, 0.4) is 0 Å². The van der Waals surface area contributed by atoms with Crippen LogP contribution in [0.15, 0.2) is 27.1 Å². The van der Waals surface area contributed by atoms with Gasteiger partial charge in [-0.2, -0.15) is 0 Å². The number of carbonyl (C=O) groups excluding carboxylic acids is 1. The smallest absolute Gasteiger partial charge is 0.306 e. The molecule has 1 amide bonds. The third-order valence-corrected chi connectivity index (χ3v) is 4.79. The van der Waals surface area contributed by atoms with Crippen LogP contribution in [0.2, 0.25) is 0 Å². The van der Waals surface area contributed by atoms with E-state index < -0.39 is 5.97 Å². The summed E-state index contributed by atoms with van der Waals surface area (Å²) in [7, 11) is 0. The minimum absolute atomic E-state index is 0.0307. The zero-order chi connectivity index (χ0) is 14.7. The van der Waals surface area contributed by atoms with Gasteiger partial charge in [-0.05, 0) is 59.8 Å². The summed E-state index contributed by atoms with van der Waals surface area (Å²) in [6.07, 6.45) is 2.43. The van der Waals surface area contributed by atoms with E-state index in [9.17, 15) is 9.59 Å². The molecule has 0 heterocycles. The minimum Gasteiger partial charge on any atom is -0.481 e. The highest BCUT2D eigenvalue weighted by Gasteiger charge is 2.29. The third kappa shape index (κ3) is 3.82. The monoisotopic (exact) mass is 403 g/mol. The van der Waals surface area contributed by atoms with E-state index in [1.165, 1.54) is 0 Å². The molecular weight excluding hydrogens is 390 g/mol. The molecule has 0 aromatic heterocycles. The Morgan fingerprint density at radius 3 is 2.25 bits per heavy atom. The summed E-state index contributed by atoms with van der Waals surface area (Å²) in [5.74, 6) is -1.17. The first-order valence-electron chi connectivity index (χ1n) is 6.46. The van der Waals surface area contributed by atoms with Crippen molar-refractivity contribution in [3.63, 3.8) is 0 Å². The van der Waals surface area contributed by atoms with Crippen molar-refractivity contribution in [3.8, 4) is 0 Å². The molecule has 1 aromatic rings. The lowest BCUT2D eigenvalue weighted by atomic mass is 9.81. The number of halogens is 2. The lowest BCUT2D eigenvalue weighted by Crippen LogP contribution is -2.29. The average Bonchev–Trinajstić information content (AvgIpc) is 2.42. The van der Waals surface area contributed by atoms with E-state index in [-0.39, 0.29) is 17.7 Å². The number of anilines is 1. The molecule has 6 heteroatoms. The Labute approximate surface area is 134 Å². The maximum absolute atomic E-state index is 12.2. The van der Waals surface area contributed by atoms with Crippen molar-refractivity contribution in [3.05, 3.63) is 27.1 Å². The summed E-state index contributed by atoms with van der Waals surface area (Å²) in [5, 5.41) is 11.8. The van der Waals surface area contributed by atoms with Crippen molar-refractivity contribution in [1.29, 1.82) is 0 Å². The molecule has 0 spiro atoms. The first-order chi connectivity index (χ1) is 9.47. The molecule has 1 saturated carbocycles. The number of nitrogens with one attached hydrogen (secondary N) is 1. The maximum Gasteiger partial charge on any atom is 0.306 e. The SMILES string of the molecule is O=C(O)C1CCC(C(=O)Nc2ccc(Br)cc2Br)CC1. The van der Waals surface area contributed by atoms with Crippen molar-refractivity contribution in [2.75, 3.05) is 5.32 Å². The molecule has 0 atom stereocenters. The number of amides is 1. The van der Waals surface area contributed by atoms with Gasteiger partial charge in [-0.3, -0.25) is 9.59 Å². The number of aliphatic carboxylic acids is 1. The fourth-order valence-corrected chi connectivity index (χ4v) is 3.57. The normalized spacial score (nSPS) is 22.3. The molecule has 4 nitrogen and oxygen atoms in total. The zero-order valence-corrected chi connectivity index (χ0v) is 13.9. The van der Waals surface area contributed by atoms with Gasteiger partial charge in [0.25, 0.3) is 0 Å². The van der Waals surface area contributed by atoms with Gasteiger partial charge in [0.05, 0.1) is 11.6 Å². The van der Waals surface area contributed by atoms with Gasteiger partial charge in [-0.25, -0.2) is 0 Å². The first kappa shape index (κ1) is 15.5. The van der Waals surface area contributed by atoms with Gasteiger partial charge in [0.1, 0.15) is 0 Å². The molecule has 1 aromatic carbocycles. The fourth-order valence-electron chi connectivity index (χ4n) is 2.43. The molecule has 0 aliphatic heterocycles. The van der Waals surface area contributed by atoms with E-state index in [4.69, 9.17) is 5.11 Å². The lowest BCUT2D eigenvalue weighted by Gasteiger charge is -2.25. The molecule has 1 aliphatic rings. The van der Waals surface area contributed by atoms with E-state index in [1.54, 1.807) is 0 Å². The second-order valence-corrected chi connectivity index (χ2v) is 6.77. The predicted octanol–water partition coefficient (Wildman–Crippen LogP) is 4.04. The van der Waals surface area contributed by atoms with Crippen LogP contribution in [-0.2, 0) is 9.59 Å². The Morgan fingerprint density at radius 1 is 1.10 bits per heavy atom. The molecular formula is C14H15Br2NO3. The van der Waals surface area contributed by atoms with Gasteiger partial charge >= 0.3 is 5.97 Å². The summed E-state index contributed by atoms with van der Waals surface area (Å²) in [5.41, 5.74) is 0.735. The van der Waals surface area contributed by atoms with E-state index in [0.717, 1.165) is 14.6 Å². The van der Waals surface area contributed by atoms with Crippen molar-refractivity contribution in [2.24, 2.45) is 11.8 Å². The fraction of sp³-hybridized carbons (Fsp3) is 0.429. The summed E-state index contributed by atoms with van der Waals surface area (Å²) < 4.78 is 1.75. The quantitative estimate of drug-likeness (QED) is 0.798. The Kier molecular flexibility index (Phi) is 5.21. The summed E-state index contributed by atoms with van der Waals surface area (Å²) in [6.45, 7) is 0. The number of carbonyl (C=O) groups is 2. The van der Waals surface area contributed by atoms with E-state index in [1.807, 2.05) is 18.2 Å². The lowest BCUT2D eigenvalue weighted by molar-refractivity contribution is -0.143. The Balaban J connectivity index is 1.94. The standard InChI is InChI=1S/C14H15Br2NO3/c15-10-5-6-12(11(16)7-10)17-13(18)8-1-3-9(4-2-8)14(19)20/h5-9H,1-4H2,(H,17,18)(H,19,20). The summed E-state index contributed by atoms with van der Waals surface area (Å²) >= 11 is 6.77. The minimum atomic E-state index is -0.750. The first-order valence-corrected chi connectivity index (χ1v) is 8.04. The van der Waals surface area contributed by atoms with Crippen molar-refractivity contribution in [1.82, 2.24) is 0 Å². The van der Waals surface area contributed by atoms with Crippen LogP contribution in [0.25, 0.3) is 0 Å². The predicted molar refractivity (Wildman–Crippen MR) is 83.6 cm³/mol. The second kappa shape index (κ2) is 6.72. The molecule has 1 aliphatic carbocycles. The molecule has 0 unspecified atom stereocenters. The zero-order valence-electron chi connectivity index (χ0n) is 10.7. The second-order valence-electron chi connectivity index (χ2n) is 5.00. The van der Waals surface area contributed by atoms with E-state index in [2.05, 4.69) is 37.2 Å². The molecule has 0 bridgehead atoms. The highest BCUT2D eigenvalue weighted by atomic mass is 79.9. The Bertz CT molecular complexity index is 525. The van der Waals surface area contributed by atoms with E-state index in [0.29, 0.717) is 25.7 Å². The van der Waals surface area contributed by atoms with Crippen LogP contribution in [0.5, 0.6) is 0 Å². The summed E-state index contributed by atoms with van der Waals surface area (Å²) in [4.78, 5) is 23.1. The van der Waals surface area contributed by atoms with Crippen LogP contribution < -0.4 is 5.32 Å². The van der Waals surface area contributed by atoms with Gasteiger partial charge in [0.2, 0.25) is 5.91 Å². The Morgan fingerprint density at radius 2 is 1.70 bits per heavy atom. The van der Waals surface area contributed by atoms with Crippen LogP contribution >= 0.6 is 31.9 Å². The third-order valence-electron chi connectivity index (χ3n) is 3.64. The molecule has 0 radical (unpaired) electrons. The molecule has 20 heavy (non-hydrogen) atoms. The van der Waals surface area contributed by atoms with Crippen molar-refractivity contribution >= 4 is 49.4 Å². The van der Waals surface area contributed by atoms with Crippen LogP contribution in [0, 0.1) is 11.8 Å². The highest BCUT2D eigenvalue weighted by Crippen LogP contribution is 2.31. The van der Waals surface area contributed by atoms with Crippen LogP contribution in [0.1, 0.15) is 25.7 Å². The largest absolute Gasteiger partial charge is 0.481 e. The number of hydrogen-bond donors (Lipinski definition) is 2. The molecule has 0 saturated heterocycles.